The van der Waals surface area contributed by atoms with Gasteiger partial charge in [0.25, 0.3) is 0 Å². The zero-order valence-corrected chi connectivity index (χ0v) is 5.59. The van der Waals surface area contributed by atoms with Crippen molar-refractivity contribution in [3.8, 4) is 0 Å². The lowest BCUT2D eigenvalue weighted by atomic mass is 10.2. The van der Waals surface area contributed by atoms with E-state index in [4.69, 9.17) is 10.8 Å². The summed E-state index contributed by atoms with van der Waals surface area (Å²) in [5.41, 5.74) is 5.59. The van der Waals surface area contributed by atoms with E-state index < -0.39 is 5.97 Å². The highest BCUT2D eigenvalue weighted by Crippen LogP contribution is 1.92. The molecule has 52 valence electrons. The van der Waals surface area contributed by atoms with Crippen LogP contribution in [-0.2, 0) is 4.79 Å². The third kappa shape index (κ3) is 3.73. The Morgan fingerprint density at radius 3 is 2.33 bits per heavy atom. The summed E-state index contributed by atoms with van der Waals surface area (Å²) in [6.07, 6.45) is 1.50. The summed E-state index contributed by atoms with van der Waals surface area (Å²) in [7, 11) is 0. The molecule has 0 aliphatic rings. The third-order valence-corrected chi connectivity index (χ3v) is 0.850. The van der Waals surface area contributed by atoms with Crippen molar-refractivity contribution in [3.05, 3.63) is 11.6 Å². The van der Waals surface area contributed by atoms with Crippen LogP contribution in [0, 0.1) is 0 Å². The van der Waals surface area contributed by atoms with E-state index in [0.29, 0.717) is 5.57 Å². The average molecular weight is 129 g/mol. The molecule has 0 aromatic heterocycles. The Hall–Kier alpha value is -0.830. The van der Waals surface area contributed by atoms with E-state index in [0.717, 1.165) is 0 Å². The Morgan fingerprint density at radius 2 is 2.22 bits per heavy atom. The van der Waals surface area contributed by atoms with Crippen molar-refractivity contribution >= 4 is 5.97 Å². The highest BCUT2D eigenvalue weighted by Gasteiger charge is 1.98. The molecule has 0 saturated heterocycles. The second-order valence-electron chi connectivity index (χ2n) is 2.01. The van der Waals surface area contributed by atoms with E-state index in [1.54, 1.807) is 6.92 Å². The molecule has 0 rings (SSSR count). The van der Waals surface area contributed by atoms with Gasteiger partial charge >= 0.3 is 5.97 Å². The predicted octanol–water partition coefficient (Wildman–Crippen LogP) is 0.365. The first-order chi connectivity index (χ1) is 4.04. The van der Waals surface area contributed by atoms with Crippen LogP contribution in [0.2, 0.25) is 0 Å². The van der Waals surface area contributed by atoms with Crippen LogP contribution >= 0.6 is 0 Å². The molecule has 0 unspecified atom stereocenters. The van der Waals surface area contributed by atoms with Gasteiger partial charge in [0, 0.05) is 11.6 Å². The van der Waals surface area contributed by atoms with Crippen molar-refractivity contribution in [2.24, 2.45) is 5.73 Å². The van der Waals surface area contributed by atoms with Crippen molar-refractivity contribution in [1.29, 1.82) is 0 Å². The molecule has 0 aromatic rings. The van der Waals surface area contributed by atoms with E-state index >= 15 is 0 Å². The first-order valence-electron chi connectivity index (χ1n) is 2.71. The van der Waals surface area contributed by atoms with Gasteiger partial charge in [0.1, 0.15) is 0 Å². The fraction of sp³-hybridized carbons (Fsp3) is 0.500. The Morgan fingerprint density at radius 1 is 1.78 bits per heavy atom. The minimum absolute atomic E-state index is 0.180. The standard InChI is InChI=1S/C6H11NO2/c1-4(6(8)9)3-5(2)7/h3,5H,7H2,1-2H3,(H,8,9)/b4-3+/t5-/m0/s1. The quantitative estimate of drug-likeness (QED) is 0.529. The largest absolute Gasteiger partial charge is 0.478 e. The maximum atomic E-state index is 10.1. The number of aliphatic carboxylic acids is 1. The van der Waals surface area contributed by atoms with E-state index in [1.165, 1.54) is 13.0 Å². The van der Waals surface area contributed by atoms with E-state index in [-0.39, 0.29) is 6.04 Å². The highest BCUT2D eigenvalue weighted by atomic mass is 16.4. The van der Waals surface area contributed by atoms with Gasteiger partial charge in [-0.05, 0) is 13.8 Å². The van der Waals surface area contributed by atoms with Crippen LogP contribution in [0.1, 0.15) is 13.8 Å². The zero-order chi connectivity index (χ0) is 7.44. The second kappa shape index (κ2) is 3.25. The van der Waals surface area contributed by atoms with Crippen molar-refractivity contribution in [3.63, 3.8) is 0 Å². The summed E-state index contributed by atoms with van der Waals surface area (Å²) in [5.74, 6) is -0.910. The molecule has 0 saturated carbocycles. The topological polar surface area (TPSA) is 63.3 Å². The number of carbonyl (C=O) groups is 1. The summed E-state index contributed by atoms with van der Waals surface area (Å²) < 4.78 is 0. The number of hydrogen-bond donors (Lipinski definition) is 2. The highest BCUT2D eigenvalue weighted by molar-refractivity contribution is 5.85. The summed E-state index contributed by atoms with van der Waals surface area (Å²) >= 11 is 0. The molecule has 9 heavy (non-hydrogen) atoms. The van der Waals surface area contributed by atoms with E-state index in [9.17, 15) is 4.79 Å². The van der Waals surface area contributed by atoms with Gasteiger partial charge in [0.2, 0.25) is 0 Å². The molecule has 0 amide bonds. The summed E-state index contributed by atoms with van der Waals surface area (Å²) in [6.45, 7) is 3.25. The van der Waals surface area contributed by atoms with Gasteiger partial charge in [0.15, 0.2) is 0 Å². The smallest absolute Gasteiger partial charge is 0.331 e. The fourth-order valence-electron chi connectivity index (χ4n) is 0.466. The second-order valence-corrected chi connectivity index (χ2v) is 2.01. The van der Waals surface area contributed by atoms with Crippen LogP contribution in [0.4, 0.5) is 0 Å². The first kappa shape index (κ1) is 8.17. The normalized spacial score (nSPS) is 15.2. The molecule has 3 heteroatoms. The van der Waals surface area contributed by atoms with Gasteiger partial charge in [-0.3, -0.25) is 0 Å². The molecule has 3 N–H and O–H groups in total. The molecule has 1 atom stereocenters. The van der Waals surface area contributed by atoms with Gasteiger partial charge in [-0.1, -0.05) is 6.08 Å². The minimum Gasteiger partial charge on any atom is -0.478 e. The van der Waals surface area contributed by atoms with Crippen molar-refractivity contribution < 1.29 is 9.90 Å². The van der Waals surface area contributed by atoms with Gasteiger partial charge in [-0.15, -0.1) is 0 Å². The lowest BCUT2D eigenvalue weighted by molar-refractivity contribution is -0.132. The Labute approximate surface area is 54.2 Å². The average Bonchev–Trinajstić information content (AvgIpc) is 1.63. The van der Waals surface area contributed by atoms with Gasteiger partial charge in [-0.2, -0.15) is 0 Å². The van der Waals surface area contributed by atoms with Crippen LogP contribution in [0.25, 0.3) is 0 Å². The maximum absolute atomic E-state index is 10.1. The molecule has 0 radical (unpaired) electrons. The fourth-order valence-corrected chi connectivity index (χ4v) is 0.466. The number of carboxylic acids is 1. The number of hydrogen-bond acceptors (Lipinski definition) is 2. The van der Waals surface area contributed by atoms with Crippen molar-refractivity contribution in [1.82, 2.24) is 0 Å². The van der Waals surface area contributed by atoms with Crippen LogP contribution < -0.4 is 5.73 Å². The molecular formula is C6H11NO2. The molecule has 0 aliphatic carbocycles. The molecule has 0 spiro atoms. The van der Waals surface area contributed by atoms with Crippen LogP contribution in [0.5, 0.6) is 0 Å². The van der Waals surface area contributed by atoms with Crippen molar-refractivity contribution in [2.45, 2.75) is 19.9 Å². The SMILES string of the molecule is C/C(=C\[C@H](C)N)C(=O)O. The maximum Gasteiger partial charge on any atom is 0.331 e. The molecule has 0 aromatic carbocycles. The lowest BCUT2D eigenvalue weighted by Gasteiger charge is -1.95. The van der Waals surface area contributed by atoms with Crippen LogP contribution in [0.3, 0.4) is 0 Å². The molecule has 0 bridgehead atoms. The summed E-state index contributed by atoms with van der Waals surface area (Å²) in [5, 5.41) is 8.31. The summed E-state index contributed by atoms with van der Waals surface area (Å²) in [6, 6.07) is -0.180. The van der Waals surface area contributed by atoms with Crippen LogP contribution in [-0.4, -0.2) is 17.1 Å². The Bertz CT molecular complexity index is 138. The molecule has 0 fully saturated rings. The van der Waals surface area contributed by atoms with Gasteiger partial charge < -0.3 is 10.8 Å². The van der Waals surface area contributed by atoms with Crippen molar-refractivity contribution in [2.75, 3.05) is 0 Å². The number of nitrogens with two attached hydrogens (primary N) is 1. The minimum atomic E-state index is -0.910. The summed E-state index contributed by atoms with van der Waals surface area (Å²) in [4.78, 5) is 10.1. The number of carboxylic acid groups (broad SMARTS) is 1. The predicted molar refractivity (Wildman–Crippen MR) is 35.0 cm³/mol. The first-order valence-corrected chi connectivity index (χ1v) is 2.71. The van der Waals surface area contributed by atoms with Crippen LogP contribution in [0.15, 0.2) is 11.6 Å². The van der Waals surface area contributed by atoms with Gasteiger partial charge in [-0.25, -0.2) is 4.79 Å². The molecular weight excluding hydrogens is 118 g/mol. The lowest BCUT2D eigenvalue weighted by Crippen LogP contribution is -2.13. The monoisotopic (exact) mass is 129 g/mol. The Balaban J connectivity index is 4.00. The Kier molecular flexibility index (Phi) is 2.95. The third-order valence-electron chi connectivity index (χ3n) is 0.850. The molecule has 3 nitrogen and oxygen atoms in total. The molecule has 0 aliphatic heterocycles. The van der Waals surface area contributed by atoms with E-state index in [2.05, 4.69) is 0 Å². The zero-order valence-electron chi connectivity index (χ0n) is 5.59. The van der Waals surface area contributed by atoms with E-state index in [1.807, 2.05) is 0 Å². The van der Waals surface area contributed by atoms with Gasteiger partial charge in [0.05, 0.1) is 0 Å². The molecule has 0 heterocycles. The number of rotatable bonds is 2.